The van der Waals surface area contributed by atoms with Crippen LogP contribution in [0.1, 0.15) is 27.2 Å². The molecule has 2 aromatic carbocycles. The lowest BCUT2D eigenvalue weighted by Crippen LogP contribution is -2.17. The number of carbonyl (C=O) groups is 1. The first-order valence-corrected chi connectivity index (χ1v) is 8.20. The number of carboxylic acids is 1. The van der Waals surface area contributed by atoms with Crippen molar-refractivity contribution in [1.82, 2.24) is 9.78 Å². The number of hydrogen-bond donors (Lipinski definition) is 2. The number of hydrogen-bond acceptors (Lipinski definition) is 3. The van der Waals surface area contributed by atoms with Gasteiger partial charge in [-0.05, 0) is 49.7 Å². The number of rotatable bonds is 4. The van der Waals surface area contributed by atoms with Crippen molar-refractivity contribution in [3.8, 4) is 5.69 Å². The molecule has 0 unspecified atom stereocenters. The van der Waals surface area contributed by atoms with Crippen molar-refractivity contribution >= 4 is 29.5 Å². The summed E-state index contributed by atoms with van der Waals surface area (Å²) >= 11 is 5.99. The highest BCUT2D eigenvalue weighted by atomic mass is 35.5. The van der Waals surface area contributed by atoms with E-state index in [0.29, 0.717) is 27.7 Å². The molecule has 1 heterocycles. The van der Waals surface area contributed by atoms with Crippen LogP contribution in [0.4, 0.5) is 5.69 Å². The van der Waals surface area contributed by atoms with E-state index >= 15 is 0 Å². The number of benzene rings is 2. The molecule has 7 heteroatoms. The Morgan fingerprint density at radius 3 is 2.69 bits per heavy atom. The summed E-state index contributed by atoms with van der Waals surface area (Å²) in [6, 6.07) is 11.6. The normalized spacial score (nSPS) is 11.2. The van der Waals surface area contributed by atoms with Gasteiger partial charge in [0.25, 0.3) is 5.56 Å². The molecule has 0 spiro atoms. The maximum absolute atomic E-state index is 12.7. The predicted octanol–water partition coefficient (Wildman–Crippen LogP) is 3.88. The van der Waals surface area contributed by atoms with Crippen LogP contribution in [0.2, 0.25) is 5.02 Å². The Morgan fingerprint density at radius 2 is 2.00 bits per heavy atom. The Hall–Kier alpha value is -3.12. The van der Waals surface area contributed by atoms with Crippen molar-refractivity contribution < 1.29 is 9.90 Å². The van der Waals surface area contributed by atoms with Crippen molar-refractivity contribution in [3.63, 3.8) is 0 Å². The van der Waals surface area contributed by atoms with Gasteiger partial charge < -0.3 is 5.11 Å². The number of aryl methyl sites for hydroxylation is 2. The van der Waals surface area contributed by atoms with Crippen LogP contribution in [0.5, 0.6) is 0 Å². The second-order valence-electron chi connectivity index (χ2n) is 5.84. The fourth-order valence-electron chi connectivity index (χ4n) is 2.52. The minimum Gasteiger partial charge on any atom is -0.478 e. The first-order valence-electron chi connectivity index (χ1n) is 7.82. The number of aliphatic imine (C=N–C) groups is 1. The van der Waals surface area contributed by atoms with Crippen LogP contribution in [0, 0.1) is 13.8 Å². The Kier molecular flexibility index (Phi) is 4.77. The number of halogens is 1. The molecule has 0 aliphatic carbocycles. The molecule has 26 heavy (non-hydrogen) atoms. The zero-order valence-electron chi connectivity index (χ0n) is 14.2. The van der Waals surface area contributed by atoms with Gasteiger partial charge in [0, 0.05) is 16.9 Å². The lowest BCUT2D eigenvalue weighted by Gasteiger charge is -2.01. The Bertz CT molecular complexity index is 1080. The molecule has 3 rings (SSSR count). The van der Waals surface area contributed by atoms with E-state index in [0.717, 1.165) is 5.56 Å². The van der Waals surface area contributed by atoms with Gasteiger partial charge in [-0.1, -0.05) is 23.7 Å². The van der Waals surface area contributed by atoms with Gasteiger partial charge in [0.2, 0.25) is 0 Å². The molecule has 2 N–H and O–H groups in total. The smallest absolute Gasteiger partial charge is 0.335 e. The van der Waals surface area contributed by atoms with Crippen LogP contribution in [0.15, 0.2) is 52.3 Å². The lowest BCUT2D eigenvalue weighted by atomic mass is 10.1. The largest absolute Gasteiger partial charge is 0.478 e. The van der Waals surface area contributed by atoms with Gasteiger partial charge in [-0.2, -0.15) is 0 Å². The molecule has 1 aromatic heterocycles. The van der Waals surface area contributed by atoms with Gasteiger partial charge in [-0.25, -0.2) is 9.48 Å². The Balaban J connectivity index is 2.02. The van der Waals surface area contributed by atoms with Gasteiger partial charge in [0.15, 0.2) is 0 Å². The number of aromatic nitrogens is 2. The molecule has 3 aromatic rings. The third-order valence-electron chi connectivity index (χ3n) is 3.97. The highest BCUT2D eigenvalue weighted by Gasteiger charge is 2.11. The second kappa shape index (κ2) is 7.01. The van der Waals surface area contributed by atoms with Gasteiger partial charge >= 0.3 is 5.97 Å². The first kappa shape index (κ1) is 17.7. The highest BCUT2D eigenvalue weighted by Crippen LogP contribution is 2.20. The molecular formula is C19H16ClN3O3. The van der Waals surface area contributed by atoms with Crippen LogP contribution in [0.3, 0.4) is 0 Å². The van der Waals surface area contributed by atoms with E-state index in [1.54, 1.807) is 37.3 Å². The molecule has 0 saturated carbocycles. The van der Waals surface area contributed by atoms with E-state index in [9.17, 15) is 9.59 Å². The first-order chi connectivity index (χ1) is 12.4. The van der Waals surface area contributed by atoms with Gasteiger partial charge in [-0.15, -0.1) is 0 Å². The van der Waals surface area contributed by atoms with E-state index in [1.165, 1.54) is 23.0 Å². The lowest BCUT2D eigenvalue weighted by molar-refractivity contribution is 0.0697. The third-order valence-corrected chi connectivity index (χ3v) is 4.21. The number of carboxylic acid groups (broad SMARTS) is 1. The van der Waals surface area contributed by atoms with Crippen LogP contribution >= 0.6 is 11.6 Å². The molecular weight excluding hydrogens is 354 g/mol. The number of aromatic carboxylic acids is 1. The SMILES string of the molecule is Cc1ccc(C(=O)O)cc1N=Cc1c(C)[nH]n(-c2cccc(Cl)c2)c1=O. The highest BCUT2D eigenvalue weighted by molar-refractivity contribution is 6.30. The van der Waals surface area contributed by atoms with Crippen molar-refractivity contribution in [2.45, 2.75) is 13.8 Å². The molecule has 0 fully saturated rings. The van der Waals surface area contributed by atoms with Gasteiger partial charge in [-0.3, -0.25) is 14.9 Å². The third kappa shape index (κ3) is 3.45. The minimum atomic E-state index is -1.03. The molecule has 0 saturated heterocycles. The van der Waals surface area contributed by atoms with Crippen LogP contribution in [-0.2, 0) is 0 Å². The maximum Gasteiger partial charge on any atom is 0.335 e. The average molecular weight is 370 g/mol. The number of nitrogens with zero attached hydrogens (tertiary/aromatic N) is 2. The molecule has 0 amide bonds. The molecule has 0 aliphatic heterocycles. The Labute approximate surface area is 154 Å². The summed E-state index contributed by atoms with van der Waals surface area (Å²) in [6.45, 7) is 3.59. The predicted molar refractivity (Wildman–Crippen MR) is 102 cm³/mol. The number of aromatic amines is 1. The van der Waals surface area contributed by atoms with Crippen LogP contribution in [0.25, 0.3) is 5.69 Å². The monoisotopic (exact) mass is 369 g/mol. The molecule has 0 aliphatic rings. The van der Waals surface area contributed by atoms with E-state index in [2.05, 4.69) is 10.1 Å². The summed E-state index contributed by atoms with van der Waals surface area (Å²) in [6.07, 6.45) is 1.45. The molecule has 0 atom stereocenters. The second-order valence-corrected chi connectivity index (χ2v) is 6.27. The van der Waals surface area contributed by atoms with E-state index in [1.807, 2.05) is 6.92 Å². The number of H-pyrrole nitrogens is 1. The van der Waals surface area contributed by atoms with Gasteiger partial charge in [0.1, 0.15) is 0 Å². The zero-order chi connectivity index (χ0) is 18.8. The van der Waals surface area contributed by atoms with Crippen molar-refractivity contribution in [2.75, 3.05) is 0 Å². The fourth-order valence-corrected chi connectivity index (χ4v) is 2.71. The Morgan fingerprint density at radius 1 is 1.23 bits per heavy atom. The zero-order valence-corrected chi connectivity index (χ0v) is 14.9. The summed E-state index contributed by atoms with van der Waals surface area (Å²) in [5, 5.41) is 12.6. The summed E-state index contributed by atoms with van der Waals surface area (Å²) in [5.74, 6) is -1.03. The summed E-state index contributed by atoms with van der Waals surface area (Å²) in [4.78, 5) is 28.1. The van der Waals surface area contributed by atoms with E-state index < -0.39 is 5.97 Å². The maximum atomic E-state index is 12.7. The molecule has 132 valence electrons. The summed E-state index contributed by atoms with van der Waals surface area (Å²) < 4.78 is 1.39. The fraction of sp³-hybridized carbons (Fsp3) is 0.105. The van der Waals surface area contributed by atoms with Gasteiger partial charge in [0.05, 0.1) is 22.5 Å². The molecule has 6 nitrogen and oxygen atoms in total. The quantitative estimate of drug-likeness (QED) is 0.684. The van der Waals surface area contributed by atoms with Crippen molar-refractivity contribution in [3.05, 3.63) is 80.2 Å². The minimum absolute atomic E-state index is 0.143. The van der Waals surface area contributed by atoms with E-state index in [-0.39, 0.29) is 11.1 Å². The molecule has 0 radical (unpaired) electrons. The topological polar surface area (TPSA) is 87.4 Å². The van der Waals surface area contributed by atoms with Crippen LogP contribution in [-0.4, -0.2) is 27.1 Å². The van der Waals surface area contributed by atoms with Crippen LogP contribution < -0.4 is 5.56 Å². The van der Waals surface area contributed by atoms with Crippen molar-refractivity contribution in [2.24, 2.45) is 4.99 Å². The molecule has 0 bridgehead atoms. The van der Waals surface area contributed by atoms with Crippen molar-refractivity contribution in [1.29, 1.82) is 0 Å². The standard InChI is InChI=1S/C19H16ClN3O3/c1-11-6-7-13(19(25)26)8-17(11)21-10-16-12(2)22-23(18(16)24)15-5-3-4-14(20)9-15/h3-10,22H,1-2H3,(H,25,26). The average Bonchev–Trinajstić information content (AvgIpc) is 2.88. The summed E-state index contributed by atoms with van der Waals surface area (Å²) in [5.41, 5.74) is 2.85. The van der Waals surface area contributed by atoms with E-state index in [4.69, 9.17) is 16.7 Å². The number of nitrogens with one attached hydrogen (secondary N) is 1. The summed E-state index contributed by atoms with van der Waals surface area (Å²) in [7, 11) is 0.